The van der Waals surface area contributed by atoms with Crippen molar-refractivity contribution in [2.45, 2.75) is 27.0 Å². The third-order valence-electron chi connectivity index (χ3n) is 2.97. The van der Waals surface area contributed by atoms with Crippen LogP contribution in [0.3, 0.4) is 0 Å². The van der Waals surface area contributed by atoms with E-state index in [4.69, 9.17) is 4.74 Å². The monoisotopic (exact) mass is 247 g/mol. The van der Waals surface area contributed by atoms with E-state index >= 15 is 0 Å². The molecule has 1 aromatic carbocycles. The maximum absolute atomic E-state index is 9.38. The zero-order valence-electron chi connectivity index (χ0n) is 11.1. The van der Waals surface area contributed by atoms with Gasteiger partial charge in [-0.25, -0.2) is 0 Å². The fourth-order valence-electron chi connectivity index (χ4n) is 2.14. The largest absolute Gasteiger partial charge is 0.392 e. The molecule has 18 heavy (non-hydrogen) atoms. The Hall–Kier alpha value is -1.32. The van der Waals surface area contributed by atoms with Crippen molar-refractivity contribution in [1.82, 2.24) is 4.57 Å². The molecule has 0 radical (unpaired) electrons. The number of aliphatic hydroxyl groups is 1. The number of fused-ring (bicyclic) bond motifs is 1. The van der Waals surface area contributed by atoms with Crippen molar-refractivity contribution in [1.29, 1.82) is 0 Å². The SMILES string of the molecule is CC(C)COCCn1ccc2cccc(CO)c21. The van der Waals surface area contributed by atoms with E-state index in [2.05, 4.69) is 36.7 Å². The van der Waals surface area contributed by atoms with E-state index in [9.17, 15) is 5.11 Å². The lowest BCUT2D eigenvalue weighted by atomic mass is 10.1. The van der Waals surface area contributed by atoms with Gasteiger partial charge in [-0.05, 0) is 17.4 Å². The molecule has 0 bridgehead atoms. The van der Waals surface area contributed by atoms with Crippen LogP contribution in [0, 0.1) is 5.92 Å². The highest BCUT2D eigenvalue weighted by Gasteiger charge is 2.05. The van der Waals surface area contributed by atoms with Crippen LogP contribution in [0.1, 0.15) is 19.4 Å². The third-order valence-corrected chi connectivity index (χ3v) is 2.97. The summed E-state index contributed by atoms with van der Waals surface area (Å²) in [6, 6.07) is 8.10. The van der Waals surface area contributed by atoms with Gasteiger partial charge in [-0.1, -0.05) is 32.0 Å². The molecule has 0 atom stereocenters. The van der Waals surface area contributed by atoms with Crippen molar-refractivity contribution in [3.05, 3.63) is 36.0 Å². The first-order valence-corrected chi connectivity index (χ1v) is 6.47. The summed E-state index contributed by atoms with van der Waals surface area (Å²) in [5.41, 5.74) is 2.09. The minimum Gasteiger partial charge on any atom is -0.392 e. The Balaban J connectivity index is 2.09. The molecule has 0 saturated heterocycles. The van der Waals surface area contributed by atoms with Gasteiger partial charge in [-0.3, -0.25) is 0 Å². The van der Waals surface area contributed by atoms with Crippen molar-refractivity contribution in [3.8, 4) is 0 Å². The molecule has 3 nitrogen and oxygen atoms in total. The van der Waals surface area contributed by atoms with Crippen LogP contribution >= 0.6 is 0 Å². The second-order valence-electron chi connectivity index (χ2n) is 4.99. The van der Waals surface area contributed by atoms with Crippen LogP contribution in [0.2, 0.25) is 0 Å². The molecule has 0 aliphatic heterocycles. The first kappa shape index (κ1) is 13.1. The highest BCUT2D eigenvalue weighted by atomic mass is 16.5. The summed E-state index contributed by atoms with van der Waals surface area (Å²) in [5, 5.41) is 10.5. The fraction of sp³-hybridized carbons (Fsp3) is 0.467. The van der Waals surface area contributed by atoms with E-state index < -0.39 is 0 Å². The van der Waals surface area contributed by atoms with Crippen LogP contribution in [0.15, 0.2) is 30.5 Å². The second kappa shape index (κ2) is 6.03. The maximum Gasteiger partial charge on any atom is 0.0702 e. The number of rotatable bonds is 6. The van der Waals surface area contributed by atoms with Crippen molar-refractivity contribution in [2.24, 2.45) is 5.92 Å². The van der Waals surface area contributed by atoms with Gasteiger partial charge in [0.1, 0.15) is 0 Å². The van der Waals surface area contributed by atoms with Crippen LogP contribution in [0.5, 0.6) is 0 Å². The molecule has 0 aliphatic rings. The van der Waals surface area contributed by atoms with E-state index in [-0.39, 0.29) is 6.61 Å². The van der Waals surface area contributed by atoms with E-state index in [1.54, 1.807) is 0 Å². The van der Waals surface area contributed by atoms with Crippen LogP contribution in [-0.4, -0.2) is 22.9 Å². The molecule has 3 heteroatoms. The summed E-state index contributed by atoms with van der Waals surface area (Å²) >= 11 is 0. The molecule has 2 rings (SSSR count). The van der Waals surface area contributed by atoms with E-state index in [1.165, 1.54) is 5.39 Å². The van der Waals surface area contributed by atoms with Crippen LogP contribution in [0.4, 0.5) is 0 Å². The standard InChI is InChI=1S/C15H21NO2/c1-12(2)11-18-9-8-16-7-6-13-4-3-5-14(10-17)15(13)16/h3-7,12,17H,8-11H2,1-2H3. The molecule has 98 valence electrons. The normalized spacial score (nSPS) is 11.6. The highest BCUT2D eigenvalue weighted by molar-refractivity contribution is 5.83. The van der Waals surface area contributed by atoms with E-state index in [0.717, 1.165) is 24.2 Å². The summed E-state index contributed by atoms with van der Waals surface area (Å²) in [5.74, 6) is 0.569. The van der Waals surface area contributed by atoms with Gasteiger partial charge < -0.3 is 14.4 Å². The van der Waals surface area contributed by atoms with Crippen molar-refractivity contribution >= 4 is 10.9 Å². The van der Waals surface area contributed by atoms with Crippen molar-refractivity contribution in [2.75, 3.05) is 13.2 Å². The number of hydrogen-bond acceptors (Lipinski definition) is 2. The summed E-state index contributed by atoms with van der Waals surface area (Å²) in [7, 11) is 0. The Morgan fingerprint density at radius 3 is 2.83 bits per heavy atom. The number of aromatic nitrogens is 1. The summed E-state index contributed by atoms with van der Waals surface area (Å²) in [6.07, 6.45) is 2.06. The van der Waals surface area contributed by atoms with E-state index in [0.29, 0.717) is 12.5 Å². The van der Waals surface area contributed by atoms with Crippen molar-refractivity contribution < 1.29 is 9.84 Å². The number of hydrogen-bond donors (Lipinski definition) is 1. The van der Waals surface area contributed by atoms with Gasteiger partial charge in [-0.2, -0.15) is 0 Å². The molecule has 0 fully saturated rings. The average Bonchev–Trinajstić information content (AvgIpc) is 2.77. The molecular weight excluding hydrogens is 226 g/mol. The van der Waals surface area contributed by atoms with Gasteiger partial charge >= 0.3 is 0 Å². The van der Waals surface area contributed by atoms with Gasteiger partial charge in [0.05, 0.1) is 18.7 Å². The predicted octanol–water partition coefficient (Wildman–Crippen LogP) is 2.81. The smallest absolute Gasteiger partial charge is 0.0702 e. The lowest BCUT2D eigenvalue weighted by Crippen LogP contribution is -2.09. The lowest BCUT2D eigenvalue weighted by Gasteiger charge is -2.10. The third kappa shape index (κ3) is 2.92. The predicted molar refractivity (Wildman–Crippen MR) is 73.5 cm³/mol. The Kier molecular flexibility index (Phi) is 4.39. The number of nitrogens with zero attached hydrogens (tertiary/aromatic N) is 1. The Morgan fingerprint density at radius 1 is 1.28 bits per heavy atom. The van der Waals surface area contributed by atoms with Gasteiger partial charge in [0.15, 0.2) is 0 Å². The summed E-state index contributed by atoms with van der Waals surface area (Å²) in [6.45, 7) is 6.71. The highest BCUT2D eigenvalue weighted by Crippen LogP contribution is 2.20. The van der Waals surface area contributed by atoms with Gasteiger partial charge in [0.2, 0.25) is 0 Å². The lowest BCUT2D eigenvalue weighted by molar-refractivity contribution is 0.104. The molecule has 1 N–H and O–H groups in total. The van der Waals surface area contributed by atoms with Crippen LogP contribution in [0.25, 0.3) is 10.9 Å². The topological polar surface area (TPSA) is 34.4 Å². The molecule has 0 amide bonds. The first-order valence-electron chi connectivity index (χ1n) is 6.47. The molecule has 0 saturated carbocycles. The zero-order valence-corrected chi connectivity index (χ0v) is 11.1. The summed E-state index contributed by atoms with van der Waals surface area (Å²) in [4.78, 5) is 0. The van der Waals surface area contributed by atoms with Crippen LogP contribution < -0.4 is 0 Å². The zero-order chi connectivity index (χ0) is 13.0. The Morgan fingerprint density at radius 2 is 2.11 bits per heavy atom. The molecule has 2 aromatic rings. The Bertz CT molecular complexity index is 502. The minimum absolute atomic E-state index is 0.0776. The second-order valence-corrected chi connectivity index (χ2v) is 4.99. The molecule has 0 aliphatic carbocycles. The Labute approximate surface area is 108 Å². The van der Waals surface area contributed by atoms with Crippen molar-refractivity contribution in [3.63, 3.8) is 0 Å². The number of para-hydroxylation sites is 1. The minimum atomic E-state index is 0.0776. The first-order chi connectivity index (χ1) is 8.72. The molecule has 0 unspecified atom stereocenters. The molecule has 1 heterocycles. The summed E-state index contributed by atoms with van der Waals surface area (Å²) < 4.78 is 7.76. The quantitative estimate of drug-likeness (QED) is 0.796. The van der Waals surface area contributed by atoms with E-state index in [1.807, 2.05) is 12.1 Å². The average molecular weight is 247 g/mol. The number of benzene rings is 1. The van der Waals surface area contributed by atoms with Gasteiger partial charge in [-0.15, -0.1) is 0 Å². The molecular formula is C15H21NO2. The van der Waals surface area contributed by atoms with Crippen LogP contribution in [-0.2, 0) is 17.9 Å². The number of aliphatic hydroxyl groups excluding tert-OH is 1. The van der Waals surface area contributed by atoms with Gasteiger partial charge in [0, 0.05) is 24.9 Å². The molecule has 1 aromatic heterocycles. The number of ether oxygens (including phenoxy) is 1. The van der Waals surface area contributed by atoms with Gasteiger partial charge in [0.25, 0.3) is 0 Å². The molecule has 0 spiro atoms. The fourth-order valence-corrected chi connectivity index (χ4v) is 2.14. The maximum atomic E-state index is 9.38.